The highest BCUT2D eigenvalue weighted by Crippen LogP contribution is 2.28. The average molecular weight is 225 g/mol. The van der Waals surface area contributed by atoms with Gasteiger partial charge >= 0.3 is 0 Å². The van der Waals surface area contributed by atoms with Gasteiger partial charge in [0.15, 0.2) is 0 Å². The van der Waals surface area contributed by atoms with Gasteiger partial charge in [-0.05, 0) is 38.5 Å². The molecule has 0 aromatic carbocycles. The van der Waals surface area contributed by atoms with Crippen LogP contribution in [0, 0.1) is 11.8 Å². The van der Waals surface area contributed by atoms with Gasteiger partial charge in [0.2, 0.25) is 0 Å². The van der Waals surface area contributed by atoms with Crippen LogP contribution in [0.1, 0.15) is 52.4 Å². The molecular weight excluding hydrogens is 198 g/mol. The Morgan fingerprint density at radius 2 is 1.94 bits per heavy atom. The summed E-state index contributed by atoms with van der Waals surface area (Å²) in [6.07, 6.45) is 8.47. The molecule has 0 amide bonds. The van der Waals surface area contributed by atoms with Gasteiger partial charge in [0, 0.05) is 18.7 Å². The van der Waals surface area contributed by atoms with Crippen molar-refractivity contribution in [3.8, 4) is 0 Å². The van der Waals surface area contributed by atoms with Gasteiger partial charge in [-0.25, -0.2) is 0 Å². The van der Waals surface area contributed by atoms with Gasteiger partial charge in [0.25, 0.3) is 0 Å². The molecule has 0 aromatic heterocycles. The van der Waals surface area contributed by atoms with Gasteiger partial charge in [-0.15, -0.1) is 0 Å². The first-order valence-corrected chi connectivity index (χ1v) is 7.09. The lowest BCUT2D eigenvalue weighted by atomic mass is 9.96. The fourth-order valence-electron chi connectivity index (χ4n) is 3.35. The third-order valence-corrected chi connectivity index (χ3v) is 4.38. The van der Waals surface area contributed by atoms with E-state index in [0.29, 0.717) is 12.1 Å². The summed E-state index contributed by atoms with van der Waals surface area (Å²) in [6, 6.07) is 1.30. The Kier molecular flexibility index (Phi) is 4.66. The van der Waals surface area contributed by atoms with E-state index in [0.717, 1.165) is 25.0 Å². The molecule has 2 heteroatoms. The number of nitrogens with one attached hydrogen (secondary N) is 1. The molecule has 1 aliphatic carbocycles. The van der Waals surface area contributed by atoms with E-state index in [4.69, 9.17) is 4.74 Å². The van der Waals surface area contributed by atoms with E-state index in [1.54, 1.807) is 0 Å². The lowest BCUT2D eigenvalue weighted by Crippen LogP contribution is -2.40. The van der Waals surface area contributed by atoms with Gasteiger partial charge < -0.3 is 10.1 Å². The van der Waals surface area contributed by atoms with E-state index in [1.807, 2.05) is 0 Å². The number of hydrogen-bond donors (Lipinski definition) is 1. The summed E-state index contributed by atoms with van der Waals surface area (Å²) in [5, 5.41) is 3.77. The Morgan fingerprint density at radius 3 is 2.56 bits per heavy atom. The summed E-state index contributed by atoms with van der Waals surface area (Å²) < 4.78 is 5.45. The smallest absolute Gasteiger partial charge is 0.0509 e. The van der Waals surface area contributed by atoms with Crippen LogP contribution in [0.4, 0.5) is 0 Å². The molecule has 0 spiro atoms. The molecule has 2 rings (SSSR count). The Bertz CT molecular complexity index is 195. The Morgan fingerprint density at radius 1 is 1.19 bits per heavy atom. The van der Waals surface area contributed by atoms with Gasteiger partial charge in [-0.1, -0.05) is 25.7 Å². The molecule has 2 aliphatic rings. The summed E-state index contributed by atoms with van der Waals surface area (Å²) in [4.78, 5) is 0. The fraction of sp³-hybridized carbons (Fsp3) is 1.00. The third kappa shape index (κ3) is 3.46. The maximum absolute atomic E-state index is 5.45. The Hall–Kier alpha value is -0.0800. The molecule has 1 heterocycles. The molecule has 1 saturated carbocycles. The molecule has 0 aromatic rings. The zero-order valence-electron chi connectivity index (χ0n) is 10.9. The standard InChI is InChI=1S/C14H27NO/c1-11(9-13-5-3-4-6-13)15-12(2)14-7-8-16-10-14/h11-15H,3-10H2,1-2H3. The van der Waals surface area contributed by atoms with Crippen molar-refractivity contribution in [3.05, 3.63) is 0 Å². The van der Waals surface area contributed by atoms with Crippen molar-refractivity contribution in [1.82, 2.24) is 5.32 Å². The van der Waals surface area contributed by atoms with Gasteiger partial charge in [0.1, 0.15) is 0 Å². The highest BCUT2D eigenvalue weighted by Gasteiger charge is 2.24. The summed E-state index contributed by atoms with van der Waals surface area (Å²) in [7, 11) is 0. The van der Waals surface area contributed by atoms with E-state index in [2.05, 4.69) is 19.2 Å². The largest absolute Gasteiger partial charge is 0.381 e. The molecule has 1 aliphatic heterocycles. The van der Waals surface area contributed by atoms with E-state index >= 15 is 0 Å². The maximum Gasteiger partial charge on any atom is 0.0509 e. The SMILES string of the molecule is CC(CC1CCCC1)NC(C)C1CCOC1. The fourth-order valence-corrected chi connectivity index (χ4v) is 3.35. The molecule has 1 saturated heterocycles. The van der Waals surface area contributed by atoms with Crippen molar-refractivity contribution < 1.29 is 4.74 Å². The van der Waals surface area contributed by atoms with Gasteiger partial charge in [-0.3, -0.25) is 0 Å². The molecule has 1 N–H and O–H groups in total. The Balaban J connectivity index is 1.66. The normalized spacial score (nSPS) is 30.8. The van der Waals surface area contributed by atoms with E-state index in [1.165, 1.54) is 38.5 Å². The molecule has 16 heavy (non-hydrogen) atoms. The van der Waals surface area contributed by atoms with Crippen LogP contribution in [-0.2, 0) is 4.74 Å². The monoisotopic (exact) mass is 225 g/mol. The van der Waals surface area contributed by atoms with Crippen LogP contribution in [0.15, 0.2) is 0 Å². The number of rotatable bonds is 5. The molecule has 3 unspecified atom stereocenters. The average Bonchev–Trinajstić information content (AvgIpc) is 2.88. The van der Waals surface area contributed by atoms with Crippen LogP contribution in [0.5, 0.6) is 0 Å². The molecule has 94 valence electrons. The van der Waals surface area contributed by atoms with E-state index < -0.39 is 0 Å². The summed E-state index contributed by atoms with van der Waals surface area (Å²) in [6.45, 7) is 6.60. The number of ether oxygens (including phenoxy) is 1. The topological polar surface area (TPSA) is 21.3 Å². The predicted molar refractivity (Wildman–Crippen MR) is 67.6 cm³/mol. The lowest BCUT2D eigenvalue weighted by molar-refractivity contribution is 0.176. The minimum absolute atomic E-state index is 0.624. The maximum atomic E-state index is 5.45. The van der Waals surface area contributed by atoms with Crippen molar-refractivity contribution in [2.45, 2.75) is 64.5 Å². The van der Waals surface area contributed by atoms with Crippen molar-refractivity contribution in [2.24, 2.45) is 11.8 Å². The summed E-state index contributed by atoms with van der Waals surface area (Å²) in [5.74, 6) is 1.74. The molecule has 0 bridgehead atoms. The van der Waals surface area contributed by atoms with Gasteiger partial charge in [-0.2, -0.15) is 0 Å². The second-order valence-corrected chi connectivity index (χ2v) is 5.87. The second-order valence-electron chi connectivity index (χ2n) is 5.87. The lowest BCUT2D eigenvalue weighted by Gasteiger charge is -2.25. The summed E-state index contributed by atoms with van der Waals surface area (Å²) >= 11 is 0. The van der Waals surface area contributed by atoms with Crippen LogP contribution >= 0.6 is 0 Å². The van der Waals surface area contributed by atoms with E-state index in [-0.39, 0.29) is 0 Å². The molecule has 2 nitrogen and oxygen atoms in total. The first-order chi connectivity index (χ1) is 7.75. The highest BCUT2D eigenvalue weighted by atomic mass is 16.5. The third-order valence-electron chi connectivity index (χ3n) is 4.38. The zero-order chi connectivity index (χ0) is 11.4. The first-order valence-electron chi connectivity index (χ1n) is 7.09. The second kappa shape index (κ2) is 6.02. The molecule has 0 radical (unpaired) electrons. The number of hydrogen-bond acceptors (Lipinski definition) is 2. The van der Waals surface area contributed by atoms with Crippen molar-refractivity contribution >= 4 is 0 Å². The molecular formula is C14H27NO. The van der Waals surface area contributed by atoms with Crippen molar-refractivity contribution in [3.63, 3.8) is 0 Å². The van der Waals surface area contributed by atoms with E-state index in [9.17, 15) is 0 Å². The van der Waals surface area contributed by atoms with Crippen LogP contribution in [0.3, 0.4) is 0 Å². The minimum Gasteiger partial charge on any atom is -0.381 e. The van der Waals surface area contributed by atoms with Crippen LogP contribution in [0.25, 0.3) is 0 Å². The Labute approximate surface area is 100 Å². The van der Waals surface area contributed by atoms with Crippen LogP contribution < -0.4 is 5.32 Å². The first kappa shape index (κ1) is 12.4. The predicted octanol–water partition coefficient (Wildman–Crippen LogP) is 2.97. The van der Waals surface area contributed by atoms with Crippen molar-refractivity contribution in [2.75, 3.05) is 13.2 Å². The highest BCUT2D eigenvalue weighted by molar-refractivity contribution is 4.80. The van der Waals surface area contributed by atoms with Gasteiger partial charge in [0.05, 0.1) is 6.61 Å². The van der Waals surface area contributed by atoms with Crippen molar-refractivity contribution in [1.29, 1.82) is 0 Å². The van der Waals surface area contributed by atoms with Crippen LogP contribution in [0.2, 0.25) is 0 Å². The minimum atomic E-state index is 0.624. The zero-order valence-corrected chi connectivity index (χ0v) is 10.9. The molecule has 2 fully saturated rings. The quantitative estimate of drug-likeness (QED) is 0.776. The van der Waals surface area contributed by atoms with Crippen LogP contribution in [-0.4, -0.2) is 25.3 Å². The summed E-state index contributed by atoms with van der Waals surface area (Å²) in [5.41, 5.74) is 0. The molecule has 3 atom stereocenters.